The van der Waals surface area contributed by atoms with E-state index >= 15 is 0 Å². The number of esters is 1. The van der Waals surface area contributed by atoms with Crippen molar-refractivity contribution in [1.29, 1.82) is 0 Å². The maximum Gasteiger partial charge on any atom is 0.410 e. The van der Waals surface area contributed by atoms with Crippen LogP contribution in [0.1, 0.15) is 50.8 Å². The number of rotatable bonds is 5. The number of carbonyl (C=O) groups excluding carboxylic acids is 2. The van der Waals surface area contributed by atoms with Crippen LogP contribution in [-0.2, 0) is 22.6 Å². The van der Waals surface area contributed by atoms with Crippen LogP contribution in [0, 0.1) is 0 Å². The van der Waals surface area contributed by atoms with Crippen LogP contribution >= 0.6 is 0 Å². The van der Waals surface area contributed by atoms with Crippen molar-refractivity contribution >= 4 is 18.0 Å². The summed E-state index contributed by atoms with van der Waals surface area (Å²) in [5.74, 6) is 0.114. The lowest BCUT2D eigenvalue weighted by atomic mass is 10.2. The summed E-state index contributed by atoms with van der Waals surface area (Å²) in [6.07, 6.45) is -0.329. The van der Waals surface area contributed by atoms with Gasteiger partial charge in [-0.2, -0.15) is 0 Å². The maximum absolute atomic E-state index is 12.3. The molecule has 1 amide bonds. The van der Waals surface area contributed by atoms with Crippen LogP contribution in [0.15, 0.2) is 0 Å². The number of nitrogens with zero attached hydrogens (tertiary/aromatic N) is 4. The molecule has 0 saturated carbocycles. The molecule has 1 aliphatic rings. The van der Waals surface area contributed by atoms with Crippen LogP contribution in [0.4, 0.5) is 10.7 Å². The number of imidazole rings is 1. The Labute approximate surface area is 159 Å². The van der Waals surface area contributed by atoms with E-state index in [1.165, 1.54) is 0 Å². The fourth-order valence-electron chi connectivity index (χ4n) is 2.98. The molecule has 1 aromatic rings. The standard InChI is InChI=1S/C18H30N4O5/c1-6-22-14(15(24)26-7-2)13(12-23)19-16(22)20-8-10-21(11-9-20)17(25)27-18(3,4)5/h23H,6-12H2,1-5H3. The summed E-state index contributed by atoms with van der Waals surface area (Å²) in [6.45, 7) is 11.7. The normalized spacial score (nSPS) is 15.0. The van der Waals surface area contributed by atoms with E-state index in [9.17, 15) is 14.7 Å². The van der Waals surface area contributed by atoms with Gasteiger partial charge in [-0.05, 0) is 34.6 Å². The summed E-state index contributed by atoms with van der Waals surface area (Å²) in [5, 5.41) is 9.62. The Balaban J connectivity index is 2.16. The van der Waals surface area contributed by atoms with Gasteiger partial charge in [0.1, 0.15) is 11.3 Å². The Kier molecular flexibility index (Phi) is 6.69. The van der Waals surface area contributed by atoms with Gasteiger partial charge in [0, 0.05) is 32.7 Å². The molecule has 0 atom stereocenters. The summed E-state index contributed by atoms with van der Waals surface area (Å²) in [4.78, 5) is 32.6. The molecule has 0 aliphatic carbocycles. The van der Waals surface area contributed by atoms with Gasteiger partial charge in [0.25, 0.3) is 0 Å². The van der Waals surface area contributed by atoms with Crippen LogP contribution < -0.4 is 4.90 Å². The van der Waals surface area contributed by atoms with E-state index in [0.29, 0.717) is 44.4 Å². The predicted molar refractivity (Wildman–Crippen MR) is 99.8 cm³/mol. The first-order valence-electron chi connectivity index (χ1n) is 9.32. The van der Waals surface area contributed by atoms with Gasteiger partial charge < -0.3 is 28.9 Å². The monoisotopic (exact) mass is 382 g/mol. The summed E-state index contributed by atoms with van der Waals surface area (Å²) in [6, 6.07) is 0. The molecule has 2 heterocycles. The van der Waals surface area contributed by atoms with Crippen molar-refractivity contribution in [2.75, 3.05) is 37.7 Å². The van der Waals surface area contributed by atoms with Crippen molar-refractivity contribution in [2.24, 2.45) is 0 Å². The van der Waals surface area contributed by atoms with Crippen molar-refractivity contribution in [3.8, 4) is 0 Å². The van der Waals surface area contributed by atoms with Crippen molar-refractivity contribution in [2.45, 2.75) is 53.4 Å². The highest BCUT2D eigenvalue weighted by Crippen LogP contribution is 2.23. The number of amides is 1. The third kappa shape index (κ3) is 4.91. The lowest BCUT2D eigenvalue weighted by molar-refractivity contribution is 0.0239. The lowest BCUT2D eigenvalue weighted by Crippen LogP contribution is -2.50. The fraction of sp³-hybridized carbons (Fsp3) is 0.722. The van der Waals surface area contributed by atoms with Crippen LogP contribution in [0.2, 0.25) is 0 Å². The highest BCUT2D eigenvalue weighted by atomic mass is 16.6. The molecule has 1 fully saturated rings. The SMILES string of the molecule is CCOC(=O)c1c(CO)nc(N2CCN(C(=O)OC(C)(C)C)CC2)n1CC. The van der Waals surface area contributed by atoms with E-state index in [0.717, 1.165) is 0 Å². The molecule has 9 nitrogen and oxygen atoms in total. The summed E-state index contributed by atoms with van der Waals surface area (Å²) >= 11 is 0. The first kappa shape index (κ1) is 21.0. The number of hydrogen-bond acceptors (Lipinski definition) is 7. The number of hydrogen-bond donors (Lipinski definition) is 1. The van der Waals surface area contributed by atoms with Gasteiger partial charge in [0.05, 0.1) is 13.2 Å². The van der Waals surface area contributed by atoms with Crippen molar-refractivity contribution in [3.63, 3.8) is 0 Å². The minimum absolute atomic E-state index is 0.252. The van der Waals surface area contributed by atoms with Gasteiger partial charge in [0.2, 0.25) is 5.95 Å². The third-order valence-corrected chi connectivity index (χ3v) is 4.17. The van der Waals surface area contributed by atoms with E-state index in [-0.39, 0.29) is 25.0 Å². The molecule has 0 bridgehead atoms. The average molecular weight is 382 g/mol. The summed E-state index contributed by atoms with van der Waals surface area (Å²) in [7, 11) is 0. The molecule has 27 heavy (non-hydrogen) atoms. The molecule has 2 rings (SSSR count). The molecule has 1 N–H and O–H groups in total. The van der Waals surface area contributed by atoms with Crippen LogP contribution in [0.3, 0.4) is 0 Å². The van der Waals surface area contributed by atoms with Gasteiger partial charge in [-0.1, -0.05) is 0 Å². The molecular weight excluding hydrogens is 352 g/mol. The molecule has 9 heteroatoms. The van der Waals surface area contributed by atoms with Crippen molar-refractivity contribution < 1.29 is 24.2 Å². The van der Waals surface area contributed by atoms with Gasteiger partial charge in [-0.3, -0.25) is 0 Å². The molecular formula is C18H30N4O5. The first-order valence-corrected chi connectivity index (χ1v) is 9.32. The van der Waals surface area contributed by atoms with E-state index in [1.54, 1.807) is 16.4 Å². The quantitative estimate of drug-likeness (QED) is 0.773. The fourth-order valence-corrected chi connectivity index (χ4v) is 2.98. The van der Waals surface area contributed by atoms with Gasteiger partial charge in [0.15, 0.2) is 5.69 Å². The Bertz CT molecular complexity index is 672. The topological polar surface area (TPSA) is 97.1 Å². The lowest BCUT2D eigenvalue weighted by Gasteiger charge is -2.36. The second-order valence-corrected chi connectivity index (χ2v) is 7.28. The highest BCUT2D eigenvalue weighted by Gasteiger charge is 2.30. The van der Waals surface area contributed by atoms with Crippen LogP contribution in [-0.4, -0.2) is 70.0 Å². The smallest absolute Gasteiger partial charge is 0.410 e. The molecule has 0 radical (unpaired) electrons. The second kappa shape index (κ2) is 8.60. The molecule has 1 aromatic heterocycles. The van der Waals surface area contributed by atoms with Gasteiger partial charge >= 0.3 is 12.1 Å². The Hall–Kier alpha value is -2.29. The van der Waals surface area contributed by atoms with Gasteiger partial charge in [-0.15, -0.1) is 0 Å². The number of aliphatic hydroxyl groups excluding tert-OH is 1. The molecule has 0 spiro atoms. The average Bonchev–Trinajstić information content (AvgIpc) is 2.99. The Morgan fingerprint density at radius 2 is 1.78 bits per heavy atom. The zero-order chi connectivity index (χ0) is 20.2. The molecule has 152 valence electrons. The van der Waals surface area contributed by atoms with Crippen molar-refractivity contribution in [1.82, 2.24) is 14.5 Å². The van der Waals surface area contributed by atoms with Gasteiger partial charge in [-0.25, -0.2) is 14.6 Å². The zero-order valence-electron chi connectivity index (χ0n) is 16.8. The highest BCUT2D eigenvalue weighted by molar-refractivity contribution is 5.89. The van der Waals surface area contributed by atoms with Crippen LogP contribution in [0.5, 0.6) is 0 Å². The second-order valence-electron chi connectivity index (χ2n) is 7.28. The van der Waals surface area contributed by atoms with E-state index < -0.39 is 11.6 Å². The summed E-state index contributed by atoms with van der Waals surface area (Å²) < 4.78 is 12.3. The van der Waals surface area contributed by atoms with E-state index in [2.05, 4.69) is 4.98 Å². The van der Waals surface area contributed by atoms with Crippen LogP contribution in [0.25, 0.3) is 0 Å². The number of ether oxygens (including phenoxy) is 2. The number of carbonyl (C=O) groups is 2. The molecule has 1 aliphatic heterocycles. The van der Waals surface area contributed by atoms with Crippen molar-refractivity contribution in [3.05, 3.63) is 11.4 Å². The number of piperazine rings is 1. The Morgan fingerprint density at radius 1 is 1.15 bits per heavy atom. The zero-order valence-corrected chi connectivity index (χ0v) is 16.8. The largest absolute Gasteiger partial charge is 0.461 e. The molecule has 0 unspecified atom stereocenters. The maximum atomic E-state index is 12.3. The predicted octanol–water partition coefficient (Wildman–Crippen LogP) is 1.63. The summed E-state index contributed by atoms with van der Waals surface area (Å²) in [5.41, 5.74) is 0.0587. The first-order chi connectivity index (χ1) is 12.7. The molecule has 1 saturated heterocycles. The molecule has 0 aromatic carbocycles. The minimum Gasteiger partial charge on any atom is -0.461 e. The number of aliphatic hydroxyl groups is 1. The minimum atomic E-state index is -0.531. The Morgan fingerprint density at radius 3 is 2.26 bits per heavy atom. The van der Waals surface area contributed by atoms with E-state index in [1.807, 2.05) is 32.6 Å². The third-order valence-electron chi connectivity index (χ3n) is 4.17. The number of aromatic nitrogens is 2. The number of anilines is 1. The van der Waals surface area contributed by atoms with E-state index in [4.69, 9.17) is 9.47 Å².